The van der Waals surface area contributed by atoms with Gasteiger partial charge in [0.1, 0.15) is 0 Å². The lowest BCUT2D eigenvalue weighted by atomic mass is 9.83. The van der Waals surface area contributed by atoms with Gasteiger partial charge in [0.2, 0.25) is 5.67 Å². The largest absolute Gasteiger partial charge is 0.429 e. The molecule has 0 bridgehead atoms. The molecule has 1 atom stereocenters. The van der Waals surface area contributed by atoms with Crippen molar-refractivity contribution in [2.45, 2.75) is 36.7 Å². The SMILES string of the molecule is CC(F)(C(F)(F)F)C(O)(C(F)(F)F)C(F)(F)F. The molecule has 0 amide bonds. The van der Waals surface area contributed by atoms with Gasteiger partial charge in [-0.25, -0.2) is 4.39 Å². The molecule has 1 unspecified atom stereocenters. The first-order valence-electron chi connectivity index (χ1n) is 3.61. The van der Waals surface area contributed by atoms with Gasteiger partial charge >= 0.3 is 18.5 Å². The zero-order valence-electron chi connectivity index (χ0n) is 7.73. The number of hydrogen-bond acceptors (Lipinski definition) is 1. The summed E-state index contributed by atoms with van der Waals surface area (Å²) in [4.78, 5) is 0. The van der Waals surface area contributed by atoms with E-state index in [0.717, 1.165) is 0 Å². The molecule has 0 aromatic carbocycles. The Bertz CT molecular complexity index is 267. The second-order valence-corrected chi connectivity index (χ2v) is 3.21. The molecule has 0 aromatic rings. The second kappa shape index (κ2) is 3.62. The Morgan fingerprint density at radius 3 is 0.882 bits per heavy atom. The molecule has 11 heteroatoms. The lowest BCUT2D eigenvalue weighted by Crippen LogP contribution is -2.72. The predicted octanol–water partition coefficient (Wildman–Crippen LogP) is 3.13. The summed E-state index contributed by atoms with van der Waals surface area (Å²) in [6.45, 7) is -1.03. The first-order chi connectivity index (χ1) is 7.00. The summed E-state index contributed by atoms with van der Waals surface area (Å²) in [5, 5.41) is 8.20. The van der Waals surface area contributed by atoms with Crippen molar-refractivity contribution in [3.8, 4) is 0 Å². The molecule has 0 aliphatic heterocycles. The average molecular weight is 282 g/mol. The molecule has 0 radical (unpaired) electrons. The minimum absolute atomic E-state index is 1.03. The van der Waals surface area contributed by atoms with E-state index in [-0.39, 0.29) is 0 Å². The third-order valence-corrected chi connectivity index (χ3v) is 2.03. The molecule has 0 aliphatic carbocycles. The number of alkyl halides is 10. The van der Waals surface area contributed by atoms with E-state index in [4.69, 9.17) is 5.11 Å². The van der Waals surface area contributed by atoms with E-state index in [1.807, 2.05) is 0 Å². The normalized spacial score (nSPS) is 19.1. The van der Waals surface area contributed by atoms with Crippen LogP contribution in [0.5, 0.6) is 0 Å². The third kappa shape index (κ3) is 2.16. The average Bonchev–Trinajstić information content (AvgIpc) is 1.95. The van der Waals surface area contributed by atoms with Gasteiger partial charge < -0.3 is 5.11 Å². The summed E-state index contributed by atoms with van der Waals surface area (Å²) in [5.74, 6) is 0. The summed E-state index contributed by atoms with van der Waals surface area (Å²) < 4.78 is 120. The van der Waals surface area contributed by atoms with Crippen LogP contribution in [0.2, 0.25) is 0 Å². The molecule has 1 nitrogen and oxygen atoms in total. The van der Waals surface area contributed by atoms with Crippen molar-refractivity contribution in [1.29, 1.82) is 0 Å². The van der Waals surface area contributed by atoms with Crippen LogP contribution < -0.4 is 0 Å². The van der Waals surface area contributed by atoms with Crippen molar-refractivity contribution >= 4 is 0 Å². The van der Waals surface area contributed by atoms with E-state index in [0.29, 0.717) is 0 Å². The van der Waals surface area contributed by atoms with Crippen LogP contribution in [0.1, 0.15) is 6.92 Å². The molecule has 0 spiro atoms. The Hall–Kier alpha value is -0.740. The summed E-state index contributed by atoms with van der Waals surface area (Å²) in [6.07, 6.45) is -20.3. The van der Waals surface area contributed by atoms with Crippen molar-refractivity contribution in [2.75, 3.05) is 0 Å². The van der Waals surface area contributed by atoms with Crippen molar-refractivity contribution in [1.82, 2.24) is 0 Å². The van der Waals surface area contributed by atoms with Gasteiger partial charge in [0.25, 0.3) is 5.60 Å². The highest BCUT2D eigenvalue weighted by atomic mass is 19.4. The number of aliphatic hydroxyl groups is 1. The Morgan fingerprint density at radius 1 is 0.588 bits per heavy atom. The topological polar surface area (TPSA) is 20.2 Å². The van der Waals surface area contributed by atoms with Crippen molar-refractivity contribution < 1.29 is 49.0 Å². The lowest BCUT2D eigenvalue weighted by molar-refractivity contribution is -0.434. The highest BCUT2D eigenvalue weighted by Crippen LogP contribution is 2.55. The van der Waals surface area contributed by atoms with E-state index in [9.17, 15) is 43.9 Å². The summed E-state index contributed by atoms with van der Waals surface area (Å²) in [5.41, 5.74) is -12.5. The van der Waals surface area contributed by atoms with Gasteiger partial charge in [-0.3, -0.25) is 0 Å². The third-order valence-electron chi connectivity index (χ3n) is 2.03. The molecule has 0 fully saturated rings. The predicted molar refractivity (Wildman–Crippen MR) is 32.6 cm³/mol. The Morgan fingerprint density at radius 2 is 0.824 bits per heavy atom. The van der Waals surface area contributed by atoms with Crippen LogP contribution in [0, 0.1) is 0 Å². The Kier molecular flexibility index (Phi) is 3.47. The van der Waals surface area contributed by atoms with E-state index in [1.165, 1.54) is 0 Å². The maximum absolute atomic E-state index is 12.8. The highest BCUT2D eigenvalue weighted by Gasteiger charge is 2.85. The number of halogens is 10. The Balaban J connectivity index is 6.04. The van der Waals surface area contributed by atoms with Crippen LogP contribution in [-0.2, 0) is 0 Å². The quantitative estimate of drug-likeness (QED) is 0.732. The zero-order valence-corrected chi connectivity index (χ0v) is 7.73. The molecule has 17 heavy (non-hydrogen) atoms. The minimum Gasteiger partial charge on any atom is -0.371 e. The van der Waals surface area contributed by atoms with Crippen molar-refractivity contribution in [3.63, 3.8) is 0 Å². The Labute approximate surface area is 87.0 Å². The molecule has 0 heterocycles. The van der Waals surface area contributed by atoms with E-state index >= 15 is 0 Å². The first-order valence-corrected chi connectivity index (χ1v) is 3.61. The highest BCUT2D eigenvalue weighted by molar-refractivity contribution is 5.11. The van der Waals surface area contributed by atoms with Crippen LogP contribution in [0.25, 0.3) is 0 Å². The van der Waals surface area contributed by atoms with Gasteiger partial charge in [0.15, 0.2) is 0 Å². The molecular weight excluding hydrogens is 278 g/mol. The molecule has 0 rings (SSSR count). The fourth-order valence-corrected chi connectivity index (χ4v) is 0.898. The van der Waals surface area contributed by atoms with Crippen LogP contribution >= 0.6 is 0 Å². The maximum Gasteiger partial charge on any atom is 0.429 e. The standard InChI is InChI=1S/C6H4F10O/c1-2(7,4(8,9)10)3(17,5(11,12)13)6(14,15)16/h17H,1H3. The molecule has 0 aliphatic rings. The summed E-state index contributed by atoms with van der Waals surface area (Å²) in [6, 6.07) is 0. The molecule has 0 aromatic heterocycles. The first kappa shape index (κ1) is 16.3. The zero-order chi connectivity index (χ0) is 14.5. The summed E-state index contributed by atoms with van der Waals surface area (Å²) >= 11 is 0. The molecule has 104 valence electrons. The molecule has 1 N–H and O–H groups in total. The smallest absolute Gasteiger partial charge is 0.371 e. The number of rotatable bonds is 1. The van der Waals surface area contributed by atoms with Gasteiger partial charge in [0.05, 0.1) is 0 Å². The van der Waals surface area contributed by atoms with Crippen LogP contribution in [0.15, 0.2) is 0 Å². The van der Waals surface area contributed by atoms with Gasteiger partial charge in [-0.15, -0.1) is 0 Å². The molecular formula is C6H4F10O. The fraction of sp³-hybridized carbons (Fsp3) is 1.00. The second-order valence-electron chi connectivity index (χ2n) is 3.21. The van der Waals surface area contributed by atoms with E-state index in [1.54, 1.807) is 0 Å². The minimum atomic E-state index is -6.88. The lowest BCUT2D eigenvalue weighted by Gasteiger charge is -2.41. The van der Waals surface area contributed by atoms with Crippen molar-refractivity contribution in [3.05, 3.63) is 0 Å². The molecule has 0 saturated carbocycles. The maximum atomic E-state index is 12.8. The van der Waals surface area contributed by atoms with Crippen LogP contribution in [0.3, 0.4) is 0 Å². The van der Waals surface area contributed by atoms with Gasteiger partial charge in [-0.2, -0.15) is 39.5 Å². The summed E-state index contributed by atoms with van der Waals surface area (Å²) in [7, 11) is 0. The van der Waals surface area contributed by atoms with Gasteiger partial charge in [-0.05, 0) is 6.92 Å². The molecule has 0 saturated heterocycles. The van der Waals surface area contributed by atoms with E-state index < -0.39 is 36.7 Å². The van der Waals surface area contributed by atoms with E-state index in [2.05, 4.69) is 0 Å². The van der Waals surface area contributed by atoms with Crippen LogP contribution in [-0.4, -0.2) is 34.9 Å². The van der Waals surface area contributed by atoms with Gasteiger partial charge in [0, 0.05) is 0 Å². The monoisotopic (exact) mass is 282 g/mol. The number of hydrogen-bond donors (Lipinski definition) is 1. The van der Waals surface area contributed by atoms with Crippen molar-refractivity contribution in [2.24, 2.45) is 0 Å². The van der Waals surface area contributed by atoms with Gasteiger partial charge in [-0.1, -0.05) is 0 Å². The van der Waals surface area contributed by atoms with Crippen LogP contribution in [0.4, 0.5) is 43.9 Å². The fourth-order valence-electron chi connectivity index (χ4n) is 0.898.